The molecule has 0 aliphatic heterocycles. The molecule has 0 aliphatic rings. The molecule has 0 aromatic heterocycles. The molecule has 2 heteroatoms. The van der Waals surface area contributed by atoms with Crippen molar-refractivity contribution in [3.63, 3.8) is 0 Å². The molecular formula is C10H20O2. The molecule has 2 nitrogen and oxygen atoms in total. The highest BCUT2D eigenvalue weighted by Crippen LogP contribution is 2.07. The lowest BCUT2D eigenvalue weighted by Gasteiger charge is -2.03. The van der Waals surface area contributed by atoms with Crippen molar-refractivity contribution in [3.8, 4) is 0 Å². The molecule has 0 saturated carbocycles. The smallest absolute Gasteiger partial charge is 0.0718 e. The first-order chi connectivity index (χ1) is 5.81. The van der Waals surface area contributed by atoms with Gasteiger partial charge in [-0.3, -0.25) is 0 Å². The van der Waals surface area contributed by atoms with Crippen LogP contribution in [0.25, 0.3) is 0 Å². The average molecular weight is 172 g/mol. The topological polar surface area (TPSA) is 40.5 Å². The molecule has 0 amide bonds. The van der Waals surface area contributed by atoms with Crippen LogP contribution in [0.15, 0.2) is 12.7 Å². The fourth-order valence-corrected chi connectivity index (χ4v) is 1.11. The number of hydrogen-bond acceptors (Lipinski definition) is 2. The Morgan fingerprint density at radius 1 is 1.08 bits per heavy atom. The minimum atomic E-state index is -0.331. The molecule has 1 unspecified atom stereocenters. The van der Waals surface area contributed by atoms with Crippen LogP contribution in [0.5, 0.6) is 0 Å². The summed E-state index contributed by atoms with van der Waals surface area (Å²) >= 11 is 0. The summed E-state index contributed by atoms with van der Waals surface area (Å²) < 4.78 is 0. The van der Waals surface area contributed by atoms with Crippen molar-refractivity contribution in [2.24, 2.45) is 0 Å². The third-order valence-corrected chi connectivity index (χ3v) is 1.93. The fraction of sp³-hybridized carbons (Fsp3) is 0.800. The van der Waals surface area contributed by atoms with Gasteiger partial charge in [-0.25, -0.2) is 0 Å². The van der Waals surface area contributed by atoms with E-state index >= 15 is 0 Å². The predicted molar refractivity (Wildman–Crippen MR) is 51.0 cm³/mol. The molecule has 0 spiro atoms. The van der Waals surface area contributed by atoms with Crippen LogP contribution in [0.4, 0.5) is 0 Å². The average Bonchev–Trinajstić information content (AvgIpc) is 2.10. The molecule has 0 bridgehead atoms. The van der Waals surface area contributed by atoms with Gasteiger partial charge in [0.1, 0.15) is 0 Å². The van der Waals surface area contributed by atoms with E-state index in [-0.39, 0.29) is 6.10 Å². The Kier molecular flexibility index (Phi) is 8.51. The molecule has 1 atom stereocenters. The zero-order valence-electron chi connectivity index (χ0n) is 7.71. The van der Waals surface area contributed by atoms with E-state index in [0.29, 0.717) is 6.61 Å². The number of hydrogen-bond donors (Lipinski definition) is 2. The number of unbranched alkanes of at least 4 members (excludes halogenated alkanes) is 4. The van der Waals surface area contributed by atoms with Gasteiger partial charge in [0.2, 0.25) is 0 Å². The monoisotopic (exact) mass is 172 g/mol. The second-order valence-electron chi connectivity index (χ2n) is 3.08. The summed E-state index contributed by atoms with van der Waals surface area (Å²) in [7, 11) is 0. The van der Waals surface area contributed by atoms with Crippen molar-refractivity contribution in [2.75, 3.05) is 6.61 Å². The zero-order chi connectivity index (χ0) is 9.23. The Bertz CT molecular complexity index is 102. The maximum atomic E-state index is 9.10. The number of rotatable bonds is 8. The molecule has 72 valence electrons. The highest BCUT2D eigenvalue weighted by atomic mass is 16.3. The molecule has 0 rings (SSSR count). The summed E-state index contributed by atoms with van der Waals surface area (Å²) in [6.45, 7) is 3.81. The molecule has 0 aromatic rings. The van der Waals surface area contributed by atoms with Crippen LogP contribution in [-0.4, -0.2) is 22.9 Å². The SMILES string of the molecule is C=CC(O)CCCCCCCO. The third kappa shape index (κ3) is 7.76. The van der Waals surface area contributed by atoms with E-state index in [1.165, 1.54) is 0 Å². The first kappa shape index (κ1) is 11.7. The lowest BCUT2D eigenvalue weighted by atomic mass is 10.1. The normalized spacial score (nSPS) is 12.8. The van der Waals surface area contributed by atoms with Gasteiger partial charge in [0.15, 0.2) is 0 Å². The number of aliphatic hydroxyl groups is 2. The van der Waals surface area contributed by atoms with Crippen molar-refractivity contribution in [3.05, 3.63) is 12.7 Å². The molecule has 0 heterocycles. The van der Waals surface area contributed by atoms with Crippen LogP contribution in [0.3, 0.4) is 0 Å². The van der Waals surface area contributed by atoms with Gasteiger partial charge in [-0.1, -0.05) is 31.8 Å². The highest BCUT2D eigenvalue weighted by Gasteiger charge is 1.96. The van der Waals surface area contributed by atoms with Crippen LogP contribution in [0, 0.1) is 0 Å². The molecule has 0 fully saturated rings. The van der Waals surface area contributed by atoms with E-state index in [1.807, 2.05) is 0 Å². The summed E-state index contributed by atoms with van der Waals surface area (Å²) in [5.41, 5.74) is 0. The van der Waals surface area contributed by atoms with Crippen molar-refractivity contribution in [1.82, 2.24) is 0 Å². The summed E-state index contributed by atoms with van der Waals surface area (Å²) in [6, 6.07) is 0. The van der Waals surface area contributed by atoms with Crippen LogP contribution in [-0.2, 0) is 0 Å². The Labute approximate surface area is 74.9 Å². The lowest BCUT2D eigenvalue weighted by molar-refractivity contribution is 0.208. The standard InChI is InChI=1S/C10H20O2/c1-2-10(12)8-6-4-3-5-7-9-11/h2,10-12H,1,3-9H2. The summed E-state index contributed by atoms with van der Waals surface area (Å²) in [6.07, 6.45) is 7.43. The maximum absolute atomic E-state index is 9.10. The zero-order valence-corrected chi connectivity index (χ0v) is 7.71. The van der Waals surface area contributed by atoms with Crippen LogP contribution in [0.1, 0.15) is 38.5 Å². The fourth-order valence-electron chi connectivity index (χ4n) is 1.11. The van der Waals surface area contributed by atoms with Gasteiger partial charge < -0.3 is 10.2 Å². The molecular weight excluding hydrogens is 152 g/mol. The van der Waals surface area contributed by atoms with E-state index in [4.69, 9.17) is 10.2 Å². The van der Waals surface area contributed by atoms with Crippen molar-refractivity contribution >= 4 is 0 Å². The first-order valence-electron chi connectivity index (χ1n) is 4.72. The maximum Gasteiger partial charge on any atom is 0.0718 e. The van der Waals surface area contributed by atoms with Gasteiger partial charge in [-0.2, -0.15) is 0 Å². The van der Waals surface area contributed by atoms with Crippen molar-refractivity contribution in [2.45, 2.75) is 44.6 Å². The molecule has 0 radical (unpaired) electrons. The Morgan fingerprint density at radius 2 is 1.67 bits per heavy atom. The second-order valence-corrected chi connectivity index (χ2v) is 3.08. The number of aliphatic hydroxyl groups excluding tert-OH is 2. The minimum absolute atomic E-state index is 0.301. The molecule has 12 heavy (non-hydrogen) atoms. The molecule has 2 N–H and O–H groups in total. The molecule has 0 aliphatic carbocycles. The van der Waals surface area contributed by atoms with Crippen molar-refractivity contribution in [1.29, 1.82) is 0 Å². The lowest BCUT2D eigenvalue weighted by Crippen LogP contribution is -2.00. The largest absolute Gasteiger partial charge is 0.396 e. The summed E-state index contributed by atoms with van der Waals surface area (Å²) in [4.78, 5) is 0. The van der Waals surface area contributed by atoms with Gasteiger partial charge in [-0.15, -0.1) is 6.58 Å². The second kappa shape index (κ2) is 8.75. The third-order valence-electron chi connectivity index (χ3n) is 1.93. The van der Waals surface area contributed by atoms with E-state index in [2.05, 4.69) is 6.58 Å². The Morgan fingerprint density at radius 3 is 2.25 bits per heavy atom. The van der Waals surface area contributed by atoms with Gasteiger partial charge in [0.05, 0.1) is 6.10 Å². The Hall–Kier alpha value is -0.340. The highest BCUT2D eigenvalue weighted by molar-refractivity contribution is 4.77. The van der Waals surface area contributed by atoms with Gasteiger partial charge in [0, 0.05) is 6.61 Å². The van der Waals surface area contributed by atoms with Crippen LogP contribution in [0.2, 0.25) is 0 Å². The quantitative estimate of drug-likeness (QED) is 0.433. The summed E-state index contributed by atoms with van der Waals surface area (Å²) in [5.74, 6) is 0. The molecule has 0 aromatic carbocycles. The van der Waals surface area contributed by atoms with Crippen molar-refractivity contribution < 1.29 is 10.2 Å². The van der Waals surface area contributed by atoms with Crippen LogP contribution >= 0.6 is 0 Å². The summed E-state index contributed by atoms with van der Waals surface area (Å²) in [5, 5.41) is 17.6. The minimum Gasteiger partial charge on any atom is -0.396 e. The van der Waals surface area contributed by atoms with Gasteiger partial charge in [-0.05, 0) is 12.8 Å². The van der Waals surface area contributed by atoms with E-state index < -0.39 is 0 Å². The van der Waals surface area contributed by atoms with E-state index in [0.717, 1.165) is 38.5 Å². The first-order valence-corrected chi connectivity index (χ1v) is 4.72. The van der Waals surface area contributed by atoms with Crippen LogP contribution < -0.4 is 0 Å². The van der Waals surface area contributed by atoms with Gasteiger partial charge >= 0.3 is 0 Å². The Balaban J connectivity index is 2.95. The van der Waals surface area contributed by atoms with Gasteiger partial charge in [0.25, 0.3) is 0 Å². The predicted octanol–water partition coefficient (Wildman–Crippen LogP) is 1.87. The van der Waals surface area contributed by atoms with E-state index in [1.54, 1.807) is 6.08 Å². The molecule has 0 saturated heterocycles. The van der Waals surface area contributed by atoms with E-state index in [9.17, 15) is 0 Å².